The normalized spacial score (nSPS) is 17.9. The second-order valence-electron chi connectivity index (χ2n) is 8.64. The van der Waals surface area contributed by atoms with E-state index in [1.807, 2.05) is 54.3 Å². The van der Waals surface area contributed by atoms with E-state index in [0.717, 1.165) is 30.0 Å². The van der Waals surface area contributed by atoms with Crippen LogP contribution >= 0.6 is 11.6 Å². The third-order valence-corrected chi connectivity index (χ3v) is 6.12. The van der Waals surface area contributed by atoms with Gasteiger partial charge < -0.3 is 19.4 Å². The first-order valence-corrected chi connectivity index (χ1v) is 11.0. The summed E-state index contributed by atoms with van der Waals surface area (Å²) in [5, 5.41) is 0.713. The number of hydrogen-bond donors (Lipinski definition) is 0. The van der Waals surface area contributed by atoms with E-state index in [0.29, 0.717) is 30.4 Å². The van der Waals surface area contributed by atoms with E-state index in [9.17, 15) is 9.59 Å². The second kappa shape index (κ2) is 8.42. The molecule has 0 aliphatic carbocycles. The summed E-state index contributed by atoms with van der Waals surface area (Å²) < 4.78 is 5.90. The third-order valence-electron chi connectivity index (χ3n) is 5.89. The highest BCUT2D eigenvalue weighted by atomic mass is 35.5. The average molecular weight is 442 g/mol. The van der Waals surface area contributed by atoms with Crippen LogP contribution in [0.2, 0.25) is 5.02 Å². The number of carbonyl (C=O) groups is 2. The van der Waals surface area contributed by atoms with Crippen molar-refractivity contribution >= 4 is 34.8 Å². The Morgan fingerprint density at radius 2 is 1.84 bits per heavy atom. The van der Waals surface area contributed by atoms with E-state index in [-0.39, 0.29) is 18.2 Å². The molecular weight excluding hydrogens is 414 g/mol. The molecule has 0 radical (unpaired) electrons. The number of rotatable bonds is 4. The number of ether oxygens (including phenoxy) is 1. The Morgan fingerprint density at radius 3 is 2.55 bits per heavy atom. The molecule has 4 rings (SSSR count). The van der Waals surface area contributed by atoms with Crippen LogP contribution in [0.4, 0.5) is 11.4 Å². The molecule has 2 aliphatic rings. The molecule has 7 heteroatoms. The summed E-state index contributed by atoms with van der Waals surface area (Å²) >= 11 is 6.10. The first-order chi connectivity index (χ1) is 14.7. The average Bonchev–Trinajstić information content (AvgIpc) is 2.74. The topological polar surface area (TPSA) is 53.1 Å². The Balaban J connectivity index is 1.39. The van der Waals surface area contributed by atoms with Crippen LogP contribution in [-0.2, 0) is 9.59 Å². The Hall–Kier alpha value is -2.73. The van der Waals surface area contributed by atoms with Crippen molar-refractivity contribution < 1.29 is 14.3 Å². The first kappa shape index (κ1) is 21.5. The van der Waals surface area contributed by atoms with Crippen LogP contribution in [0.15, 0.2) is 42.5 Å². The smallest absolute Gasteiger partial charge is 0.270 e. The van der Waals surface area contributed by atoms with Crippen LogP contribution in [0, 0.1) is 6.92 Å². The van der Waals surface area contributed by atoms with Gasteiger partial charge in [-0.2, -0.15) is 0 Å². The molecule has 31 heavy (non-hydrogen) atoms. The van der Waals surface area contributed by atoms with Gasteiger partial charge in [-0.15, -0.1) is 0 Å². The number of amides is 2. The minimum absolute atomic E-state index is 0.0667. The molecule has 0 aromatic heterocycles. The maximum Gasteiger partial charge on any atom is 0.270 e. The number of piperazine rings is 1. The molecule has 2 heterocycles. The number of fused-ring (bicyclic) bond motifs is 1. The Morgan fingerprint density at radius 1 is 1.10 bits per heavy atom. The van der Waals surface area contributed by atoms with E-state index < -0.39 is 5.60 Å². The van der Waals surface area contributed by atoms with Crippen LogP contribution in [0.5, 0.6) is 5.75 Å². The predicted octanol–water partition coefficient (Wildman–Crippen LogP) is 3.89. The Kier molecular flexibility index (Phi) is 5.84. The van der Waals surface area contributed by atoms with Gasteiger partial charge in [-0.05, 0) is 56.7 Å². The minimum Gasteiger partial charge on any atom is -0.476 e. The van der Waals surface area contributed by atoms with Crippen molar-refractivity contribution in [2.75, 3.05) is 42.5 Å². The molecule has 2 aliphatic heterocycles. The molecule has 6 nitrogen and oxygen atoms in total. The molecule has 2 aromatic rings. The Labute approximate surface area is 188 Å². The van der Waals surface area contributed by atoms with E-state index >= 15 is 0 Å². The van der Waals surface area contributed by atoms with Gasteiger partial charge in [0.25, 0.3) is 5.91 Å². The predicted molar refractivity (Wildman–Crippen MR) is 123 cm³/mol. The fraction of sp³-hybridized carbons (Fsp3) is 0.417. The number of aryl methyl sites for hydroxylation is 1. The van der Waals surface area contributed by atoms with E-state index in [1.165, 1.54) is 0 Å². The number of carbonyl (C=O) groups excluding carboxylic acids is 2. The standard InChI is InChI=1S/C24H28ClN3O3/c1-17-7-8-21-20(15-17)28(23(30)24(2,3)31-21)10-9-22(29)27-13-11-26(12-14-27)19-6-4-5-18(25)16-19/h4-8,15-16H,9-14H2,1-3H3. The number of anilines is 2. The zero-order valence-corrected chi connectivity index (χ0v) is 19.0. The van der Waals surface area contributed by atoms with Gasteiger partial charge in [0.2, 0.25) is 5.91 Å². The molecule has 2 amide bonds. The van der Waals surface area contributed by atoms with Gasteiger partial charge >= 0.3 is 0 Å². The van der Waals surface area contributed by atoms with Crippen molar-refractivity contribution in [3.63, 3.8) is 0 Å². The first-order valence-electron chi connectivity index (χ1n) is 10.6. The van der Waals surface area contributed by atoms with Crippen molar-refractivity contribution in [2.24, 2.45) is 0 Å². The SMILES string of the molecule is Cc1ccc2c(c1)N(CCC(=O)N1CCN(c3cccc(Cl)c3)CC1)C(=O)C(C)(C)O2. The molecule has 164 valence electrons. The number of benzene rings is 2. The summed E-state index contributed by atoms with van der Waals surface area (Å²) in [7, 11) is 0. The number of nitrogens with zero attached hydrogens (tertiary/aromatic N) is 3. The lowest BCUT2D eigenvalue weighted by atomic mass is 10.0. The lowest BCUT2D eigenvalue weighted by Gasteiger charge is -2.39. The van der Waals surface area contributed by atoms with E-state index in [2.05, 4.69) is 4.90 Å². The molecule has 2 aromatic carbocycles. The summed E-state index contributed by atoms with van der Waals surface area (Å²) in [4.78, 5) is 31.7. The lowest BCUT2D eigenvalue weighted by molar-refractivity contribution is -0.133. The van der Waals surface area contributed by atoms with Gasteiger partial charge in [-0.1, -0.05) is 23.7 Å². The molecule has 0 bridgehead atoms. The number of hydrogen-bond acceptors (Lipinski definition) is 4. The highest BCUT2D eigenvalue weighted by Gasteiger charge is 2.41. The monoisotopic (exact) mass is 441 g/mol. The molecule has 1 fully saturated rings. The van der Waals surface area contributed by atoms with Crippen LogP contribution < -0.4 is 14.5 Å². The van der Waals surface area contributed by atoms with Crippen LogP contribution in [-0.4, -0.2) is 55.0 Å². The molecule has 0 saturated carbocycles. The third kappa shape index (κ3) is 4.49. The van der Waals surface area contributed by atoms with Gasteiger partial charge in [0, 0.05) is 49.9 Å². The van der Waals surface area contributed by atoms with Gasteiger partial charge in [0.05, 0.1) is 5.69 Å². The molecule has 0 N–H and O–H groups in total. The second-order valence-corrected chi connectivity index (χ2v) is 9.07. The summed E-state index contributed by atoms with van der Waals surface area (Å²) in [5.74, 6) is 0.624. The van der Waals surface area contributed by atoms with Crippen LogP contribution in [0.3, 0.4) is 0 Å². The fourth-order valence-electron chi connectivity index (χ4n) is 4.15. The van der Waals surface area contributed by atoms with Gasteiger partial charge in [-0.3, -0.25) is 9.59 Å². The fourth-order valence-corrected chi connectivity index (χ4v) is 4.34. The molecule has 0 atom stereocenters. The van der Waals surface area contributed by atoms with E-state index in [1.54, 1.807) is 18.7 Å². The summed E-state index contributed by atoms with van der Waals surface area (Å²) in [6.45, 7) is 8.69. The van der Waals surface area contributed by atoms with Gasteiger partial charge in [0.1, 0.15) is 5.75 Å². The van der Waals surface area contributed by atoms with E-state index in [4.69, 9.17) is 16.3 Å². The van der Waals surface area contributed by atoms with Crippen LogP contribution in [0.1, 0.15) is 25.8 Å². The van der Waals surface area contributed by atoms with Crippen molar-refractivity contribution in [3.05, 3.63) is 53.1 Å². The highest BCUT2D eigenvalue weighted by molar-refractivity contribution is 6.30. The summed E-state index contributed by atoms with van der Waals surface area (Å²) in [6.07, 6.45) is 0.284. The zero-order valence-electron chi connectivity index (χ0n) is 18.2. The van der Waals surface area contributed by atoms with Gasteiger partial charge in [0.15, 0.2) is 5.60 Å². The van der Waals surface area contributed by atoms with Crippen molar-refractivity contribution in [2.45, 2.75) is 32.8 Å². The van der Waals surface area contributed by atoms with Crippen molar-refractivity contribution in [3.8, 4) is 5.75 Å². The van der Waals surface area contributed by atoms with Gasteiger partial charge in [-0.25, -0.2) is 0 Å². The maximum absolute atomic E-state index is 13.0. The van der Waals surface area contributed by atoms with Crippen LogP contribution in [0.25, 0.3) is 0 Å². The summed E-state index contributed by atoms with van der Waals surface area (Å²) in [5.41, 5.74) is 1.91. The minimum atomic E-state index is -0.951. The van der Waals surface area contributed by atoms with Crippen molar-refractivity contribution in [1.29, 1.82) is 0 Å². The molecular formula is C24H28ClN3O3. The van der Waals surface area contributed by atoms with Crippen molar-refractivity contribution in [1.82, 2.24) is 4.90 Å². The quantitative estimate of drug-likeness (QED) is 0.722. The summed E-state index contributed by atoms with van der Waals surface area (Å²) in [6, 6.07) is 13.6. The molecule has 0 spiro atoms. The lowest BCUT2D eigenvalue weighted by Crippen LogP contribution is -2.54. The number of halogens is 1. The molecule has 1 saturated heterocycles. The zero-order chi connectivity index (χ0) is 22.2. The Bertz CT molecular complexity index is 999. The maximum atomic E-state index is 13.0. The highest BCUT2D eigenvalue weighted by Crippen LogP contribution is 2.38. The largest absolute Gasteiger partial charge is 0.476 e. The molecule has 0 unspecified atom stereocenters.